The fraction of sp³-hybridized carbons (Fsp3) is 0.424. The Morgan fingerprint density at radius 3 is 2.33 bits per heavy atom. The summed E-state index contributed by atoms with van der Waals surface area (Å²) in [5, 5.41) is 10.8. The maximum Gasteiger partial charge on any atom is 0.253 e. The predicted molar refractivity (Wildman–Crippen MR) is 160 cm³/mol. The SMILES string of the molecule is CC[C@@H](CO)N1C(=O)[C@@H]2[C@H]3C(=O)N(Cc4ccccc4)CC=C[C@@]3(CC)O[C@@]23C=CCN(c2ccccc2Cl)C(=O)C13. The fourth-order valence-corrected chi connectivity index (χ4v) is 7.63. The van der Waals surface area contributed by atoms with Gasteiger partial charge in [0.2, 0.25) is 11.8 Å². The number of amides is 3. The second kappa shape index (κ2) is 11.0. The van der Waals surface area contributed by atoms with E-state index in [0.717, 1.165) is 5.56 Å². The molecule has 0 aliphatic carbocycles. The molecule has 2 fully saturated rings. The Kier molecular flexibility index (Phi) is 7.50. The molecular weight excluding hydrogens is 554 g/mol. The number of ether oxygens (including phenoxy) is 1. The number of nitrogens with zero attached hydrogens (tertiary/aromatic N) is 3. The number of likely N-dealkylation sites (tertiary alicyclic amines) is 1. The van der Waals surface area contributed by atoms with E-state index < -0.39 is 35.1 Å². The van der Waals surface area contributed by atoms with E-state index in [-0.39, 0.29) is 30.9 Å². The standard InChI is InChI=1S/C33H36ClN3O5/c1-3-23(21-38)37-28-31(41)36(25-15-9-8-14-24(25)34)19-11-17-33(28)27(30(37)40)26-29(39)35(20-22-12-6-5-7-13-22)18-10-16-32(26,4-2)42-33/h5-17,23,26-28,38H,3-4,18-21H2,1-2H3/t23-,26-,27-,28?,32+,33-/m0/s1. The van der Waals surface area contributed by atoms with E-state index in [1.165, 1.54) is 4.90 Å². The van der Waals surface area contributed by atoms with Crippen LogP contribution in [0.1, 0.15) is 32.3 Å². The summed E-state index contributed by atoms with van der Waals surface area (Å²) in [4.78, 5) is 48.6. The van der Waals surface area contributed by atoms with Gasteiger partial charge in [-0.15, -0.1) is 0 Å². The first-order valence-electron chi connectivity index (χ1n) is 14.7. The van der Waals surface area contributed by atoms with Crippen LogP contribution < -0.4 is 4.90 Å². The molecule has 1 unspecified atom stereocenters. The highest BCUT2D eigenvalue weighted by molar-refractivity contribution is 6.34. The molecule has 3 amide bonds. The summed E-state index contributed by atoms with van der Waals surface area (Å²) < 4.78 is 7.03. The van der Waals surface area contributed by atoms with Crippen LogP contribution in [0.4, 0.5) is 5.69 Å². The van der Waals surface area contributed by atoms with Crippen LogP contribution in [0, 0.1) is 11.8 Å². The summed E-state index contributed by atoms with van der Waals surface area (Å²) in [7, 11) is 0. The van der Waals surface area contributed by atoms with E-state index in [1.54, 1.807) is 28.0 Å². The lowest BCUT2D eigenvalue weighted by atomic mass is 9.73. The van der Waals surface area contributed by atoms with E-state index in [4.69, 9.17) is 16.3 Å². The van der Waals surface area contributed by atoms with Crippen LogP contribution in [0.2, 0.25) is 5.02 Å². The van der Waals surface area contributed by atoms with Crippen molar-refractivity contribution in [2.24, 2.45) is 11.8 Å². The van der Waals surface area contributed by atoms with Gasteiger partial charge in [0.05, 0.1) is 40.8 Å². The number of aliphatic hydroxyl groups is 1. The summed E-state index contributed by atoms with van der Waals surface area (Å²) in [5.74, 6) is -2.65. The Bertz CT molecular complexity index is 1440. The van der Waals surface area contributed by atoms with Crippen molar-refractivity contribution < 1.29 is 24.2 Å². The first-order chi connectivity index (χ1) is 20.3. The lowest BCUT2D eigenvalue weighted by Crippen LogP contribution is -2.59. The van der Waals surface area contributed by atoms with Gasteiger partial charge >= 0.3 is 0 Å². The monoisotopic (exact) mass is 589 g/mol. The third-order valence-corrected chi connectivity index (χ3v) is 9.72. The van der Waals surface area contributed by atoms with Gasteiger partial charge in [-0.05, 0) is 30.5 Å². The van der Waals surface area contributed by atoms with Crippen molar-refractivity contribution in [3.8, 4) is 0 Å². The van der Waals surface area contributed by atoms with Crippen LogP contribution in [0.5, 0.6) is 0 Å². The predicted octanol–water partition coefficient (Wildman–Crippen LogP) is 3.97. The minimum absolute atomic E-state index is 0.174. The minimum atomic E-state index is -1.40. The highest BCUT2D eigenvalue weighted by Gasteiger charge is 2.75. The second-order valence-corrected chi connectivity index (χ2v) is 11.9. The highest BCUT2D eigenvalue weighted by Crippen LogP contribution is 2.59. The van der Waals surface area contributed by atoms with Crippen LogP contribution in [0.15, 0.2) is 78.9 Å². The molecule has 0 aromatic heterocycles. The zero-order chi connectivity index (χ0) is 29.6. The zero-order valence-corrected chi connectivity index (χ0v) is 24.6. The average molecular weight is 590 g/mol. The normalized spacial score (nSPS) is 31.1. The molecule has 1 spiro atoms. The van der Waals surface area contributed by atoms with Gasteiger partial charge in [0.25, 0.3) is 5.91 Å². The number of para-hydroxylation sites is 1. The lowest BCUT2D eigenvalue weighted by Gasteiger charge is -2.40. The summed E-state index contributed by atoms with van der Waals surface area (Å²) >= 11 is 6.55. The molecule has 6 rings (SSSR count). The van der Waals surface area contributed by atoms with Crippen LogP contribution in [0.3, 0.4) is 0 Å². The number of benzene rings is 2. The van der Waals surface area contributed by atoms with Gasteiger partial charge in [0.1, 0.15) is 11.6 Å². The molecule has 0 bridgehead atoms. The maximum absolute atomic E-state index is 14.6. The van der Waals surface area contributed by atoms with E-state index in [0.29, 0.717) is 36.6 Å². The van der Waals surface area contributed by atoms with Gasteiger partial charge in [0, 0.05) is 19.6 Å². The molecule has 2 aromatic rings. The van der Waals surface area contributed by atoms with Crippen LogP contribution >= 0.6 is 11.6 Å². The number of carbonyl (C=O) groups excluding carboxylic acids is 3. The number of halogens is 1. The minimum Gasteiger partial charge on any atom is -0.394 e. The molecule has 0 saturated carbocycles. The fourth-order valence-electron chi connectivity index (χ4n) is 7.39. The Morgan fingerprint density at radius 2 is 1.64 bits per heavy atom. The quantitative estimate of drug-likeness (QED) is 0.494. The summed E-state index contributed by atoms with van der Waals surface area (Å²) in [6.07, 6.45) is 8.43. The van der Waals surface area contributed by atoms with Crippen molar-refractivity contribution >= 4 is 35.0 Å². The molecule has 9 heteroatoms. The number of aliphatic hydroxyl groups excluding tert-OH is 1. The first kappa shape index (κ1) is 28.6. The number of hydrogen-bond donors (Lipinski definition) is 1. The van der Waals surface area contributed by atoms with E-state index in [2.05, 4.69) is 0 Å². The van der Waals surface area contributed by atoms with E-state index in [1.807, 2.05) is 74.5 Å². The molecule has 4 aliphatic rings. The average Bonchev–Trinajstić information content (AvgIpc) is 3.30. The topological polar surface area (TPSA) is 90.4 Å². The number of carbonyl (C=O) groups is 3. The van der Waals surface area contributed by atoms with Crippen molar-refractivity contribution in [1.29, 1.82) is 0 Å². The lowest BCUT2D eigenvalue weighted by molar-refractivity contribution is -0.153. The smallest absolute Gasteiger partial charge is 0.253 e. The Hall–Kier alpha value is -3.46. The second-order valence-electron chi connectivity index (χ2n) is 11.5. The van der Waals surface area contributed by atoms with Gasteiger partial charge < -0.3 is 24.5 Å². The Balaban J connectivity index is 1.49. The zero-order valence-electron chi connectivity index (χ0n) is 23.9. The number of rotatable bonds is 7. The first-order valence-corrected chi connectivity index (χ1v) is 15.1. The Labute approximate surface area is 251 Å². The molecule has 1 N–H and O–H groups in total. The molecule has 0 radical (unpaired) electrons. The van der Waals surface area contributed by atoms with Crippen molar-refractivity contribution in [3.05, 3.63) is 89.5 Å². The summed E-state index contributed by atoms with van der Waals surface area (Å²) in [6.45, 7) is 4.51. The highest BCUT2D eigenvalue weighted by atomic mass is 35.5. The molecule has 6 atom stereocenters. The molecule has 4 heterocycles. The maximum atomic E-state index is 14.6. The molecule has 42 heavy (non-hydrogen) atoms. The summed E-state index contributed by atoms with van der Waals surface area (Å²) in [5.41, 5.74) is -0.955. The van der Waals surface area contributed by atoms with E-state index in [9.17, 15) is 19.5 Å². The Morgan fingerprint density at radius 1 is 0.929 bits per heavy atom. The largest absolute Gasteiger partial charge is 0.394 e. The third-order valence-electron chi connectivity index (χ3n) is 9.40. The van der Waals surface area contributed by atoms with Crippen LogP contribution in [-0.2, 0) is 25.7 Å². The molecule has 8 nitrogen and oxygen atoms in total. The number of anilines is 1. The van der Waals surface area contributed by atoms with Gasteiger partial charge in [0.15, 0.2) is 0 Å². The third kappa shape index (κ3) is 4.22. The van der Waals surface area contributed by atoms with Crippen molar-refractivity contribution in [2.75, 3.05) is 24.6 Å². The van der Waals surface area contributed by atoms with E-state index >= 15 is 0 Å². The van der Waals surface area contributed by atoms with Crippen molar-refractivity contribution in [3.63, 3.8) is 0 Å². The van der Waals surface area contributed by atoms with Crippen LogP contribution in [-0.4, -0.2) is 75.6 Å². The number of hydrogen-bond acceptors (Lipinski definition) is 5. The van der Waals surface area contributed by atoms with Gasteiger partial charge in [-0.1, -0.05) is 92.2 Å². The van der Waals surface area contributed by atoms with Crippen LogP contribution in [0.25, 0.3) is 0 Å². The molecule has 2 saturated heterocycles. The summed E-state index contributed by atoms with van der Waals surface area (Å²) in [6, 6.07) is 15.2. The van der Waals surface area contributed by atoms with Gasteiger partial charge in [-0.3, -0.25) is 14.4 Å². The molecule has 4 aliphatic heterocycles. The molecule has 220 valence electrons. The van der Waals surface area contributed by atoms with Crippen molar-refractivity contribution in [1.82, 2.24) is 9.80 Å². The molecule has 2 aromatic carbocycles. The molecular formula is C33H36ClN3O5. The number of fused-ring (bicyclic) bond motifs is 2. The van der Waals surface area contributed by atoms with Gasteiger partial charge in [-0.25, -0.2) is 0 Å². The van der Waals surface area contributed by atoms with Crippen molar-refractivity contribution in [2.45, 2.75) is 56.5 Å². The van der Waals surface area contributed by atoms with Gasteiger partial charge in [-0.2, -0.15) is 0 Å².